The van der Waals surface area contributed by atoms with Gasteiger partial charge in [-0.05, 0) is 25.7 Å². The van der Waals surface area contributed by atoms with Crippen molar-refractivity contribution in [2.45, 2.75) is 33.6 Å². The normalized spacial score (nSPS) is 13.2. The summed E-state index contributed by atoms with van der Waals surface area (Å²) in [5.41, 5.74) is 0. The standard InChI is InChI=1S/C10H20O3/c1-8(2)5-4-6-13-7-9(3)10(11)12/h8-9H,4-7H2,1-3H3,(H,11,12). The number of aliphatic carboxylic acids is 1. The summed E-state index contributed by atoms with van der Waals surface area (Å²) in [6.07, 6.45) is 2.16. The maximum Gasteiger partial charge on any atom is 0.308 e. The van der Waals surface area contributed by atoms with Crippen molar-refractivity contribution in [1.29, 1.82) is 0 Å². The maximum atomic E-state index is 10.4. The summed E-state index contributed by atoms with van der Waals surface area (Å²) in [5.74, 6) is -0.483. The molecule has 78 valence electrons. The molecule has 1 atom stereocenters. The first-order valence-corrected chi connectivity index (χ1v) is 4.84. The molecule has 0 aromatic rings. The summed E-state index contributed by atoms with van der Waals surface area (Å²) >= 11 is 0. The van der Waals surface area contributed by atoms with Crippen molar-refractivity contribution in [3.05, 3.63) is 0 Å². The molecule has 0 rings (SSSR count). The third kappa shape index (κ3) is 7.78. The summed E-state index contributed by atoms with van der Waals surface area (Å²) in [6, 6.07) is 0. The molecule has 0 bridgehead atoms. The highest BCUT2D eigenvalue weighted by Crippen LogP contribution is 2.04. The van der Waals surface area contributed by atoms with Crippen LogP contribution in [0.5, 0.6) is 0 Å². The van der Waals surface area contributed by atoms with Gasteiger partial charge in [0.15, 0.2) is 0 Å². The van der Waals surface area contributed by atoms with Crippen LogP contribution in [0.2, 0.25) is 0 Å². The van der Waals surface area contributed by atoms with Crippen LogP contribution in [0.1, 0.15) is 33.6 Å². The molecule has 3 nitrogen and oxygen atoms in total. The first kappa shape index (κ1) is 12.4. The topological polar surface area (TPSA) is 46.5 Å². The number of ether oxygens (including phenoxy) is 1. The number of rotatable bonds is 7. The highest BCUT2D eigenvalue weighted by molar-refractivity contribution is 5.69. The van der Waals surface area contributed by atoms with Gasteiger partial charge in [0.05, 0.1) is 12.5 Å². The number of carboxylic acid groups (broad SMARTS) is 1. The third-order valence-corrected chi connectivity index (χ3v) is 1.86. The molecule has 0 fully saturated rings. The second-order valence-electron chi connectivity index (χ2n) is 3.85. The van der Waals surface area contributed by atoms with Gasteiger partial charge in [-0.2, -0.15) is 0 Å². The molecule has 0 saturated heterocycles. The summed E-state index contributed by atoms with van der Waals surface area (Å²) < 4.78 is 5.23. The fraction of sp³-hybridized carbons (Fsp3) is 0.900. The van der Waals surface area contributed by atoms with Crippen molar-refractivity contribution in [2.75, 3.05) is 13.2 Å². The van der Waals surface area contributed by atoms with E-state index in [-0.39, 0.29) is 5.92 Å². The summed E-state index contributed by atoms with van der Waals surface area (Å²) in [4.78, 5) is 10.4. The number of hydrogen-bond acceptors (Lipinski definition) is 2. The molecular weight excluding hydrogens is 168 g/mol. The van der Waals surface area contributed by atoms with E-state index in [9.17, 15) is 4.79 Å². The highest BCUT2D eigenvalue weighted by Gasteiger charge is 2.09. The average molecular weight is 188 g/mol. The van der Waals surface area contributed by atoms with E-state index in [1.165, 1.54) is 0 Å². The van der Waals surface area contributed by atoms with E-state index in [2.05, 4.69) is 13.8 Å². The lowest BCUT2D eigenvalue weighted by Crippen LogP contribution is -2.16. The summed E-state index contributed by atoms with van der Waals surface area (Å²) in [5, 5.41) is 8.55. The van der Waals surface area contributed by atoms with Crippen LogP contribution in [0.3, 0.4) is 0 Å². The van der Waals surface area contributed by atoms with Gasteiger partial charge in [0.1, 0.15) is 0 Å². The van der Waals surface area contributed by atoms with Gasteiger partial charge in [-0.25, -0.2) is 0 Å². The van der Waals surface area contributed by atoms with Crippen molar-refractivity contribution in [3.63, 3.8) is 0 Å². The zero-order valence-corrected chi connectivity index (χ0v) is 8.75. The van der Waals surface area contributed by atoms with Crippen LogP contribution >= 0.6 is 0 Å². The van der Waals surface area contributed by atoms with Crippen LogP contribution in [0.15, 0.2) is 0 Å². The van der Waals surface area contributed by atoms with Crippen LogP contribution in [-0.2, 0) is 9.53 Å². The van der Waals surface area contributed by atoms with Gasteiger partial charge >= 0.3 is 5.97 Å². The van der Waals surface area contributed by atoms with Gasteiger partial charge in [0.25, 0.3) is 0 Å². The van der Waals surface area contributed by atoms with Crippen molar-refractivity contribution in [3.8, 4) is 0 Å². The summed E-state index contributed by atoms with van der Waals surface area (Å²) in [6.45, 7) is 6.99. The van der Waals surface area contributed by atoms with Gasteiger partial charge in [-0.1, -0.05) is 13.8 Å². The maximum absolute atomic E-state index is 10.4. The van der Waals surface area contributed by atoms with Crippen molar-refractivity contribution >= 4 is 5.97 Å². The Hall–Kier alpha value is -0.570. The van der Waals surface area contributed by atoms with Crippen LogP contribution in [0.4, 0.5) is 0 Å². The van der Waals surface area contributed by atoms with Gasteiger partial charge in [-0.3, -0.25) is 4.79 Å². The van der Waals surface area contributed by atoms with Crippen LogP contribution in [0.25, 0.3) is 0 Å². The molecule has 13 heavy (non-hydrogen) atoms. The van der Waals surface area contributed by atoms with Gasteiger partial charge < -0.3 is 9.84 Å². The smallest absolute Gasteiger partial charge is 0.308 e. The van der Waals surface area contributed by atoms with E-state index in [1.54, 1.807) is 6.92 Å². The first-order valence-electron chi connectivity index (χ1n) is 4.84. The lowest BCUT2D eigenvalue weighted by molar-refractivity contribution is -0.143. The molecule has 0 heterocycles. The zero-order chi connectivity index (χ0) is 10.3. The molecule has 0 radical (unpaired) electrons. The van der Waals surface area contributed by atoms with Crippen molar-refractivity contribution in [1.82, 2.24) is 0 Å². The van der Waals surface area contributed by atoms with E-state index in [0.717, 1.165) is 12.8 Å². The molecule has 0 spiro atoms. The first-order chi connectivity index (χ1) is 6.04. The molecular formula is C10H20O3. The van der Waals surface area contributed by atoms with E-state index in [4.69, 9.17) is 9.84 Å². The monoisotopic (exact) mass is 188 g/mol. The van der Waals surface area contributed by atoms with E-state index in [1.807, 2.05) is 0 Å². The lowest BCUT2D eigenvalue weighted by atomic mass is 10.1. The fourth-order valence-electron chi connectivity index (χ4n) is 0.925. The molecule has 0 aliphatic carbocycles. The van der Waals surface area contributed by atoms with Gasteiger partial charge in [0.2, 0.25) is 0 Å². The molecule has 0 aromatic carbocycles. The van der Waals surface area contributed by atoms with Crippen molar-refractivity contribution in [2.24, 2.45) is 11.8 Å². The Morgan fingerprint density at radius 3 is 2.46 bits per heavy atom. The van der Waals surface area contributed by atoms with Crippen LogP contribution in [-0.4, -0.2) is 24.3 Å². The number of hydrogen-bond donors (Lipinski definition) is 1. The van der Waals surface area contributed by atoms with E-state index < -0.39 is 5.97 Å². The minimum absolute atomic E-state index is 0.327. The Morgan fingerprint density at radius 2 is 2.00 bits per heavy atom. The lowest BCUT2D eigenvalue weighted by Gasteiger charge is -2.08. The molecule has 0 amide bonds. The molecule has 1 unspecified atom stereocenters. The minimum Gasteiger partial charge on any atom is -0.481 e. The molecule has 0 saturated carbocycles. The van der Waals surface area contributed by atoms with E-state index in [0.29, 0.717) is 19.1 Å². The average Bonchev–Trinajstić information content (AvgIpc) is 2.02. The zero-order valence-electron chi connectivity index (χ0n) is 8.75. The number of carbonyl (C=O) groups is 1. The molecule has 0 aliphatic rings. The van der Waals surface area contributed by atoms with Crippen LogP contribution in [0, 0.1) is 11.8 Å². The predicted molar refractivity (Wildman–Crippen MR) is 51.7 cm³/mol. The fourth-order valence-corrected chi connectivity index (χ4v) is 0.925. The van der Waals surface area contributed by atoms with Crippen LogP contribution < -0.4 is 0 Å². The third-order valence-electron chi connectivity index (χ3n) is 1.86. The Kier molecular flexibility index (Phi) is 6.59. The SMILES string of the molecule is CC(C)CCCOCC(C)C(=O)O. The second kappa shape index (κ2) is 6.89. The molecule has 0 aliphatic heterocycles. The summed E-state index contributed by atoms with van der Waals surface area (Å²) in [7, 11) is 0. The number of carboxylic acids is 1. The molecule has 1 N–H and O–H groups in total. The van der Waals surface area contributed by atoms with Gasteiger partial charge in [0, 0.05) is 6.61 Å². The van der Waals surface area contributed by atoms with Crippen molar-refractivity contribution < 1.29 is 14.6 Å². The Labute approximate surface area is 80.1 Å². The predicted octanol–water partition coefficient (Wildman–Crippen LogP) is 2.16. The second-order valence-corrected chi connectivity index (χ2v) is 3.85. The minimum atomic E-state index is -0.788. The quantitative estimate of drug-likeness (QED) is 0.623. The Morgan fingerprint density at radius 1 is 1.38 bits per heavy atom. The molecule has 3 heteroatoms. The molecule has 0 aromatic heterocycles. The van der Waals surface area contributed by atoms with Gasteiger partial charge in [-0.15, -0.1) is 0 Å². The Balaban J connectivity index is 3.21. The van der Waals surface area contributed by atoms with E-state index >= 15 is 0 Å². The highest BCUT2D eigenvalue weighted by atomic mass is 16.5. The largest absolute Gasteiger partial charge is 0.481 e. The Bertz CT molecular complexity index is 143.